The minimum atomic E-state index is -1.39. The zero-order valence-electron chi connectivity index (χ0n) is 10.4. The molecule has 0 spiro atoms. The second-order valence-electron chi connectivity index (χ2n) is 3.52. The van der Waals surface area contributed by atoms with E-state index in [4.69, 9.17) is 10.2 Å². The van der Waals surface area contributed by atoms with E-state index in [1.165, 1.54) is 7.11 Å². The number of carbonyl (C=O) groups is 3. The minimum absolute atomic E-state index is 0.270. The summed E-state index contributed by atoms with van der Waals surface area (Å²) < 4.78 is 4.43. The molecule has 104 valence electrons. The van der Waals surface area contributed by atoms with Gasteiger partial charge in [-0.25, -0.2) is 9.59 Å². The van der Waals surface area contributed by atoms with Crippen LogP contribution in [0.2, 0.25) is 0 Å². The summed E-state index contributed by atoms with van der Waals surface area (Å²) in [6.45, 7) is 1.09. The number of hydrogen-bond donors (Lipinski definition) is 3. The molecule has 0 aromatic heterocycles. The molecule has 0 aliphatic rings. The number of amides is 2. The van der Waals surface area contributed by atoms with E-state index in [1.807, 2.05) is 0 Å². The van der Waals surface area contributed by atoms with E-state index in [0.29, 0.717) is 6.42 Å². The van der Waals surface area contributed by atoms with Gasteiger partial charge in [-0.2, -0.15) is 0 Å². The van der Waals surface area contributed by atoms with Crippen molar-refractivity contribution in [3.63, 3.8) is 0 Å². The van der Waals surface area contributed by atoms with Gasteiger partial charge in [0.05, 0.1) is 13.7 Å². The number of aliphatic hydroxyl groups is 1. The number of carboxylic acids is 1. The van der Waals surface area contributed by atoms with Crippen LogP contribution in [0.15, 0.2) is 0 Å². The second kappa shape index (κ2) is 8.29. The summed E-state index contributed by atoms with van der Waals surface area (Å²) in [7, 11) is 1.19. The van der Waals surface area contributed by atoms with Crippen molar-refractivity contribution in [2.24, 2.45) is 0 Å². The lowest BCUT2D eigenvalue weighted by Gasteiger charge is -2.23. The lowest BCUT2D eigenvalue weighted by Crippen LogP contribution is -2.51. The Morgan fingerprint density at radius 2 is 2.00 bits per heavy atom. The van der Waals surface area contributed by atoms with E-state index in [0.717, 1.165) is 4.90 Å². The molecule has 0 saturated carbocycles. The molecule has 8 nitrogen and oxygen atoms in total. The predicted octanol–water partition coefficient (Wildman–Crippen LogP) is -0.973. The summed E-state index contributed by atoms with van der Waals surface area (Å²) in [4.78, 5) is 34.5. The van der Waals surface area contributed by atoms with Gasteiger partial charge in [0.25, 0.3) is 0 Å². The van der Waals surface area contributed by atoms with Gasteiger partial charge in [0.15, 0.2) is 6.04 Å². The fourth-order valence-corrected chi connectivity index (χ4v) is 1.17. The van der Waals surface area contributed by atoms with Crippen molar-refractivity contribution in [2.75, 3.05) is 26.8 Å². The van der Waals surface area contributed by atoms with Crippen LogP contribution in [0.1, 0.15) is 13.3 Å². The first-order valence-electron chi connectivity index (χ1n) is 5.42. The molecule has 3 N–H and O–H groups in total. The van der Waals surface area contributed by atoms with Crippen LogP contribution in [0.25, 0.3) is 0 Å². The summed E-state index contributed by atoms with van der Waals surface area (Å²) >= 11 is 0. The number of aliphatic hydroxyl groups excluding tert-OH is 1. The first-order chi connectivity index (χ1) is 8.46. The molecule has 0 fully saturated rings. The highest BCUT2D eigenvalue weighted by atomic mass is 16.5. The van der Waals surface area contributed by atoms with Crippen molar-refractivity contribution in [1.82, 2.24) is 10.2 Å². The van der Waals surface area contributed by atoms with E-state index < -0.39 is 30.6 Å². The Kier molecular flexibility index (Phi) is 7.45. The Balaban J connectivity index is 4.55. The maximum Gasteiger partial charge on any atom is 0.328 e. The summed E-state index contributed by atoms with van der Waals surface area (Å²) in [6.07, 6.45) is 0.598. The lowest BCUT2D eigenvalue weighted by atomic mass is 10.3. The van der Waals surface area contributed by atoms with Gasteiger partial charge in [-0.1, -0.05) is 6.92 Å². The number of nitrogens with one attached hydrogen (secondary N) is 1. The first-order valence-corrected chi connectivity index (χ1v) is 5.42. The van der Waals surface area contributed by atoms with Gasteiger partial charge in [0, 0.05) is 6.54 Å². The molecule has 8 heteroatoms. The minimum Gasteiger partial charge on any atom is -0.480 e. The van der Waals surface area contributed by atoms with Crippen molar-refractivity contribution in [1.29, 1.82) is 0 Å². The number of nitrogens with zero attached hydrogens (tertiary/aromatic N) is 1. The number of aliphatic carboxylic acids is 1. The zero-order chi connectivity index (χ0) is 14.1. The largest absolute Gasteiger partial charge is 0.480 e. The molecule has 1 unspecified atom stereocenters. The zero-order valence-corrected chi connectivity index (χ0v) is 10.4. The fourth-order valence-electron chi connectivity index (χ4n) is 1.17. The third-order valence-corrected chi connectivity index (χ3v) is 2.11. The maximum absolute atomic E-state index is 11.7. The van der Waals surface area contributed by atoms with Crippen molar-refractivity contribution in [3.8, 4) is 0 Å². The quantitative estimate of drug-likeness (QED) is 0.508. The molecule has 0 aromatic carbocycles. The normalized spacial score (nSPS) is 11.5. The van der Waals surface area contributed by atoms with Crippen LogP contribution in [0, 0.1) is 0 Å². The summed E-state index contributed by atoms with van der Waals surface area (Å²) in [5.41, 5.74) is 0. The van der Waals surface area contributed by atoms with Crippen LogP contribution >= 0.6 is 0 Å². The Bertz CT molecular complexity index is 307. The third kappa shape index (κ3) is 5.48. The standard InChI is InChI=1S/C10H18N2O6/c1-3-4-12(5-8(14)18-2)10(17)11-7(6-13)9(15)16/h7,13H,3-6H2,1-2H3,(H,11,17)(H,15,16). The van der Waals surface area contributed by atoms with Gasteiger partial charge in [-0.05, 0) is 6.42 Å². The van der Waals surface area contributed by atoms with Gasteiger partial charge in [-0.15, -0.1) is 0 Å². The average Bonchev–Trinajstić information content (AvgIpc) is 2.34. The third-order valence-electron chi connectivity index (χ3n) is 2.11. The lowest BCUT2D eigenvalue weighted by molar-refractivity contribution is -0.141. The number of carbonyl (C=O) groups excluding carboxylic acids is 2. The number of ether oxygens (including phenoxy) is 1. The summed E-state index contributed by atoms with van der Waals surface area (Å²) in [5, 5.41) is 19.6. The topological polar surface area (TPSA) is 116 Å². The van der Waals surface area contributed by atoms with E-state index in [2.05, 4.69) is 10.1 Å². The monoisotopic (exact) mass is 262 g/mol. The number of urea groups is 1. The molecule has 1 atom stereocenters. The van der Waals surface area contributed by atoms with E-state index in [9.17, 15) is 14.4 Å². The van der Waals surface area contributed by atoms with Crippen LogP contribution in [0.5, 0.6) is 0 Å². The van der Waals surface area contributed by atoms with Gasteiger partial charge in [0.1, 0.15) is 6.54 Å². The smallest absolute Gasteiger partial charge is 0.328 e. The Morgan fingerprint density at radius 3 is 2.39 bits per heavy atom. The molecule has 0 aliphatic carbocycles. The van der Waals surface area contributed by atoms with Crippen LogP contribution < -0.4 is 5.32 Å². The van der Waals surface area contributed by atoms with Gasteiger partial charge in [-0.3, -0.25) is 4.79 Å². The molecule has 2 amide bonds. The number of hydrogen-bond acceptors (Lipinski definition) is 5. The van der Waals surface area contributed by atoms with Crippen molar-refractivity contribution < 1.29 is 29.3 Å². The van der Waals surface area contributed by atoms with Gasteiger partial charge in [0.2, 0.25) is 0 Å². The molecular weight excluding hydrogens is 244 g/mol. The molecule has 0 aromatic rings. The van der Waals surface area contributed by atoms with Crippen LogP contribution in [-0.4, -0.2) is 65.9 Å². The molecular formula is C10H18N2O6. The number of carboxylic acid groups (broad SMARTS) is 1. The number of methoxy groups -OCH3 is 1. The molecule has 0 rings (SSSR count). The van der Waals surface area contributed by atoms with E-state index >= 15 is 0 Å². The fraction of sp³-hybridized carbons (Fsp3) is 0.700. The van der Waals surface area contributed by atoms with Crippen molar-refractivity contribution in [3.05, 3.63) is 0 Å². The van der Waals surface area contributed by atoms with Gasteiger partial charge >= 0.3 is 18.0 Å². The Labute approximate surface area is 105 Å². The summed E-state index contributed by atoms with van der Waals surface area (Å²) in [6, 6.07) is -2.13. The van der Waals surface area contributed by atoms with Crippen LogP contribution in [0.4, 0.5) is 4.79 Å². The molecule has 0 radical (unpaired) electrons. The van der Waals surface area contributed by atoms with E-state index in [-0.39, 0.29) is 13.1 Å². The Morgan fingerprint density at radius 1 is 1.39 bits per heavy atom. The van der Waals surface area contributed by atoms with Crippen LogP contribution in [-0.2, 0) is 14.3 Å². The van der Waals surface area contributed by atoms with Crippen molar-refractivity contribution in [2.45, 2.75) is 19.4 Å². The number of rotatable bonds is 7. The van der Waals surface area contributed by atoms with E-state index in [1.54, 1.807) is 6.92 Å². The Hall–Kier alpha value is -1.83. The van der Waals surface area contributed by atoms with Crippen LogP contribution in [0.3, 0.4) is 0 Å². The molecule has 18 heavy (non-hydrogen) atoms. The highest BCUT2D eigenvalue weighted by Gasteiger charge is 2.23. The van der Waals surface area contributed by atoms with Crippen molar-refractivity contribution >= 4 is 18.0 Å². The predicted molar refractivity (Wildman–Crippen MR) is 60.9 cm³/mol. The average molecular weight is 262 g/mol. The highest BCUT2D eigenvalue weighted by molar-refractivity contribution is 5.85. The molecule has 0 bridgehead atoms. The molecule has 0 aliphatic heterocycles. The molecule has 0 saturated heterocycles. The molecule has 0 heterocycles. The second-order valence-corrected chi connectivity index (χ2v) is 3.52. The summed E-state index contributed by atoms with van der Waals surface area (Å²) in [5.74, 6) is -1.95. The SMILES string of the molecule is CCCN(CC(=O)OC)C(=O)NC(CO)C(=O)O. The first kappa shape index (κ1) is 16.2. The maximum atomic E-state index is 11.7. The highest BCUT2D eigenvalue weighted by Crippen LogP contribution is 1.96. The number of esters is 1. The van der Waals surface area contributed by atoms with Gasteiger partial charge < -0.3 is 25.2 Å².